The van der Waals surface area contributed by atoms with E-state index in [1.807, 2.05) is 64.2 Å². The molecule has 0 N–H and O–H groups in total. The van der Waals surface area contributed by atoms with Crippen LogP contribution in [0, 0.1) is 6.92 Å². The van der Waals surface area contributed by atoms with Gasteiger partial charge in [-0.3, -0.25) is 9.69 Å². The topological polar surface area (TPSA) is 50.6 Å². The Morgan fingerprint density at radius 2 is 1.47 bits per heavy atom. The Hall–Kier alpha value is -4.06. The quantitative estimate of drug-likeness (QED) is 0.338. The van der Waals surface area contributed by atoms with Crippen molar-refractivity contribution in [3.63, 3.8) is 0 Å². The lowest BCUT2D eigenvalue weighted by Gasteiger charge is -2.30. The van der Waals surface area contributed by atoms with Crippen molar-refractivity contribution < 1.29 is 9.53 Å². The van der Waals surface area contributed by atoms with Gasteiger partial charge >= 0.3 is 0 Å². The van der Waals surface area contributed by atoms with Gasteiger partial charge in [0, 0.05) is 48.6 Å². The molecular weight excluding hydrogens is 448 g/mol. The van der Waals surface area contributed by atoms with Crippen molar-refractivity contribution in [2.24, 2.45) is 0 Å². The number of carbonyl (C=O) groups is 1. The van der Waals surface area contributed by atoms with Crippen molar-refractivity contribution in [1.82, 2.24) is 9.78 Å². The zero-order chi connectivity index (χ0) is 24.5. The van der Waals surface area contributed by atoms with E-state index in [9.17, 15) is 4.79 Å². The molecule has 1 aromatic heterocycles. The monoisotopic (exact) mass is 478 g/mol. The minimum atomic E-state index is -0.0120. The first-order valence-corrected chi connectivity index (χ1v) is 12.8. The molecule has 0 spiro atoms. The molecule has 6 rings (SSSR count). The zero-order valence-corrected chi connectivity index (χ0v) is 20.6. The molecule has 2 aliphatic heterocycles. The number of benzene rings is 3. The molecule has 0 bridgehead atoms. The van der Waals surface area contributed by atoms with E-state index in [2.05, 4.69) is 36.1 Å². The van der Waals surface area contributed by atoms with Crippen molar-refractivity contribution in [3.05, 3.63) is 90.1 Å². The summed E-state index contributed by atoms with van der Waals surface area (Å²) in [6, 6.07) is 25.6. The number of aromatic nitrogens is 2. The third-order valence-electron chi connectivity index (χ3n) is 7.05. The molecule has 0 aliphatic carbocycles. The van der Waals surface area contributed by atoms with Gasteiger partial charge < -0.3 is 9.64 Å². The summed E-state index contributed by atoms with van der Waals surface area (Å²) in [6.07, 6.45) is 3.31. The van der Waals surface area contributed by atoms with Gasteiger partial charge in [0.15, 0.2) is 0 Å². The Bertz CT molecular complexity index is 1370. The molecule has 182 valence electrons. The van der Waals surface area contributed by atoms with Crippen LogP contribution in [-0.4, -0.2) is 35.3 Å². The lowest BCUT2D eigenvalue weighted by Crippen LogP contribution is -2.38. The van der Waals surface area contributed by atoms with Gasteiger partial charge in [-0.15, -0.1) is 0 Å². The zero-order valence-electron chi connectivity index (χ0n) is 20.6. The van der Waals surface area contributed by atoms with E-state index < -0.39 is 0 Å². The summed E-state index contributed by atoms with van der Waals surface area (Å²) in [5.41, 5.74) is 5.05. The molecule has 0 unspecified atom stereocenters. The number of rotatable bonds is 5. The Morgan fingerprint density at radius 1 is 0.778 bits per heavy atom. The van der Waals surface area contributed by atoms with E-state index in [1.165, 1.54) is 18.5 Å². The van der Waals surface area contributed by atoms with Gasteiger partial charge in [0.1, 0.15) is 17.3 Å². The molecule has 0 radical (unpaired) electrons. The summed E-state index contributed by atoms with van der Waals surface area (Å²) in [5, 5.41) is 4.87. The Morgan fingerprint density at radius 3 is 2.25 bits per heavy atom. The smallest absolute Gasteiger partial charge is 0.259 e. The van der Waals surface area contributed by atoms with Crippen molar-refractivity contribution in [2.45, 2.75) is 32.7 Å². The van der Waals surface area contributed by atoms with Gasteiger partial charge in [-0.2, -0.15) is 5.10 Å². The molecular formula is C30H30N4O2. The second-order valence-electron chi connectivity index (χ2n) is 9.47. The Labute approximate surface area is 211 Å². The molecule has 0 saturated carbocycles. The molecule has 36 heavy (non-hydrogen) atoms. The van der Waals surface area contributed by atoms with Crippen LogP contribution in [0.15, 0.2) is 78.9 Å². The van der Waals surface area contributed by atoms with Crippen molar-refractivity contribution >= 4 is 17.4 Å². The fourth-order valence-corrected chi connectivity index (χ4v) is 5.36. The SMILES string of the molecule is Cc1nn2c(c1-c1ccccc1N1CCCC1)N(C(=O)c1ccc(Oc3ccccc3)cc1)CCC2. The fourth-order valence-electron chi connectivity index (χ4n) is 5.36. The van der Waals surface area contributed by atoms with Gasteiger partial charge in [0.05, 0.1) is 5.69 Å². The molecule has 1 saturated heterocycles. The van der Waals surface area contributed by atoms with Crippen LogP contribution in [-0.2, 0) is 6.54 Å². The minimum Gasteiger partial charge on any atom is -0.457 e. The number of para-hydroxylation sites is 2. The van der Waals surface area contributed by atoms with Crippen LogP contribution < -0.4 is 14.5 Å². The molecule has 6 heteroatoms. The van der Waals surface area contributed by atoms with Crippen molar-refractivity contribution in [3.8, 4) is 22.6 Å². The van der Waals surface area contributed by atoms with E-state index >= 15 is 0 Å². The van der Waals surface area contributed by atoms with E-state index in [4.69, 9.17) is 9.84 Å². The van der Waals surface area contributed by atoms with E-state index in [0.717, 1.165) is 54.4 Å². The maximum absolute atomic E-state index is 13.8. The van der Waals surface area contributed by atoms with Crippen molar-refractivity contribution in [2.75, 3.05) is 29.4 Å². The highest BCUT2D eigenvalue weighted by molar-refractivity contribution is 6.08. The maximum atomic E-state index is 13.8. The highest BCUT2D eigenvalue weighted by Crippen LogP contribution is 2.42. The third kappa shape index (κ3) is 4.13. The van der Waals surface area contributed by atoms with Gasteiger partial charge in [0.2, 0.25) is 0 Å². The predicted molar refractivity (Wildman–Crippen MR) is 143 cm³/mol. The first kappa shape index (κ1) is 22.4. The third-order valence-corrected chi connectivity index (χ3v) is 7.05. The van der Waals surface area contributed by atoms with E-state index in [-0.39, 0.29) is 5.91 Å². The Balaban J connectivity index is 1.34. The molecule has 1 fully saturated rings. The predicted octanol–water partition coefficient (Wildman–Crippen LogP) is 6.30. The summed E-state index contributed by atoms with van der Waals surface area (Å²) in [6.45, 7) is 5.68. The number of amides is 1. The number of nitrogens with zero attached hydrogens (tertiary/aromatic N) is 4. The average molecular weight is 479 g/mol. The summed E-state index contributed by atoms with van der Waals surface area (Å²) in [4.78, 5) is 18.2. The molecule has 6 nitrogen and oxygen atoms in total. The summed E-state index contributed by atoms with van der Waals surface area (Å²) in [5.74, 6) is 2.37. The van der Waals surface area contributed by atoms with Gasteiger partial charge in [-0.05, 0) is 68.7 Å². The molecule has 3 heterocycles. The highest BCUT2D eigenvalue weighted by Gasteiger charge is 2.31. The lowest BCUT2D eigenvalue weighted by atomic mass is 10.0. The first-order valence-electron chi connectivity index (χ1n) is 12.8. The lowest BCUT2D eigenvalue weighted by molar-refractivity contribution is 0.0981. The maximum Gasteiger partial charge on any atom is 0.259 e. The highest BCUT2D eigenvalue weighted by atomic mass is 16.5. The van der Waals surface area contributed by atoms with Gasteiger partial charge in [-0.1, -0.05) is 36.4 Å². The number of aryl methyl sites for hydroxylation is 2. The largest absolute Gasteiger partial charge is 0.457 e. The minimum absolute atomic E-state index is 0.0120. The molecule has 2 aliphatic rings. The van der Waals surface area contributed by atoms with Crippen LogP contribution >= 0.6 is 0 Å². The van der Waals surface area contributed by atoms with Crippen LogP contribution in [0.5, 0.6) is 11.5 Å². The van der Waals surface area contributed by atoms with Crippen LogP contribution in [0.1, 0.15) is 35.3 Å². The van der Waals surface area contributed by atoms with Crippen LogP contribution in [0.25, 0.3) is 11.1 Å². The summed E-state index contributed by atoms with van der Waals surface area (Å²) >= 11 is 0. The summed E-state index contributed by atoms with van der Waals surface area (Å²) < 4.78 is 7.93. The van der Waals surface area contributed by atoms with Gasteiger partial charge in [0.25, 0.3) is 5.91 Å². The average Bonchev–Trinajstić information content (AvgIpc) is 3.57. The number of carbonyl (C=O) groups excluding carboxylic acids is 1. The Kier molecular flexibility index (Phi) is 5.93. The molecule has 1 amide bonds. The van der Waals surface area contributed by atoms with Crippen LogP contribution in [0.3, 0.4) is 0 Å². The first-order chi connectivity index (χ1) is 17.7. The number of hydrogen-bond acceptors (Lipinski definition) is 4. The molecule has 4 aromatic rings. The second kappa shape index (κ2) is 9.53. The second-order valence-corrected chi connectivity index (χ2v) is 9.47. The normalized spacial score (nSPS) is 15.1. The fraction of sp³-hybridized carbons (Fsp3) is 0.267. The number of hydrogen-bond donors (Lipinski definition) is 0. The van der Waals surface area contributed by atoms with E-state index in [0.29, 0.717) is 17.9 Å². The van der Waals surface area contributed by atoms with Crippen LogP contribution in [0.2, 0.25) is 0 Å². The molecule has 0 atom stereocenters. The van der Waals surface area contributed by atoms with Crippen LogP contribution in [0.4, 0.5) is 11.5 Å². The number of fused-ring (bicyclic) bond motifs is 1. The standard InChI is InChI=1S/C30H30N4O2/c1-22-28(26-12-5-6-13-27(26)32-18-7-8-19-32)29-33(20-9-21-34(29)31-22)30(35)23-14-16-25(17-15-23)36-24-10-3-2-4-11-24/h2-6,10-17H,7-9,18-21H2,1H3. The number of ether oxygens (including phenoxy) is 1. The van der Waals surface area contributed by atoms with E-state index in [1.54, 1.807) is 0 Å². The van der Waals surface area contributed by atoms with Crippen molar-refractivity contribution in [1.29, 1.82) is 0 Å². The van der Waals surface area contributed by atoms with Gasteiger partial charge in [-0.25, -0.2) is 4.68 Å². The number of anilines is 2. The summed E-state index contributed by atoms with van der Waals surface area (Å²) in [7, 11) is 0. The molecule has 3 aromatic carbocycles.